The van der Waals surface area contributed by atoms with E-state index in [-0.39, 0.29) is 0 Å². The van der Waals surface area contributed by atoms with Gasteiger partial charge in [0.1, 0.15) is 17.0 Å². The van der Waals surface area contributed by atoms with Gasteiger partial charge in [0, 0.05) is 5.56 Å². The van der Waals surface area contributed by atoms with Crippen molar-refractivity contribution in [2.24, 2.45) is 0 Å². The van der Waals surface area contributed by atoms with Crippen LogP contribution in [0.5, 0.6) is 0 Å². The lowest BCUT2D eigenvalue weighted by Crippen LogP contribution is -1.93. The highest BCUT2D eigenvalue weighted by Gasteiger charge is 2.19. The molecule has 0 saturated heterocycles. The lowest BCUT2D eigenvalue weighted by molar-refractivity contribution is 0.108. The van der Waals surface area contributed by atoms with Crippen LogP contribution in [0.1, 0.15) is 16.1 Å². The van der Waals surface area contributed by atoms with Gasteiger partial charge in [-0.15, -0.1) is 0 Å². The molecule has 0 aliphatic rings. The molecule has 1 heterocycles. The Kier molecular flexibility index (Phi) is 3.59. The normalized spacial score (nSPS) is 10.6. The Morgan fingerprint density at radius 3 is 2.14 bits per heavy atom. The fraction of sp³-hybridized carbons (Fsp3) is 0.0588. The number of carbonyl (C=O) groups is 1. The van der Waals surface area contributed by atoms with Gasteiger partial charge < -0.3 is 4.52 Å². The zero-order valence-electron chi connectivity index (χ0n) is 11.3. The van der Waals surface area contributed by atoms with E-state index in [9.17, 15) is 4.79 Å². The quantitative estimate of drug-likeness (QED) is 0.658. The van der Waals surface area contributed by atoms with Crippen LogP contribution in [0, 0.1) is 6.92 Å². The molecule has 0 N–H and O–H groups in total. The highest BCUT2D eigenvalue weighted by atomic mass is 35.5. The molecule has 0 radical (unpaired) electrons. The lowest BCUT2D eigenvalue weighted by Gasteiger charge is -2.03. The highest BCUT2D eigenvalue weighted by Crippen LogP contribution is 2.28. The number of carbonyl (C=O) groups excluding carboxylic acids is 1. The number of rotatable bonds is 3. The van der Waals surface area contributed by atoms with Crippen LogP contribution in [0.3, 0.4) is 0 Å². The molecule has 0 saturated carbocycles. The Balaban J connectivity index is 2.01. The molecule has 3 aromatic rings. The molecule has 0 spiro atoms. The minimum absolute atomic E-state index is 0.323. The van der Waals surface area contributed by atoms with Gasteiger partial charge in [-0.2, -0.15) is 0 Å². The van der Waals surface area contributed by atoms with Gasteiger partial charge in [-0.3, -0.25) is 4.79 Å². The second-order valence-electron chi connectivity index (χ2n) is 4.68. The van der Waals surface area contributed by atoms with Crippen molar-refractivity contribution >= 4 is 16.8 Å². The summed E-state index contributed by atoms with van der Waals surface area (Å²) >= 11 is 5.59. The van der Waals surface area contributed by atoms with Crippen molar-refractivity contribution in [1.82, 2.24) is 5.16 Å². The van der Waals surface area contributed by atoms with Gasteiger partial charge in [0.15, 0.2) is 0 Å². The number of aryl methyl sites for hydroxylation is 1. The van der Waals surface area contributed by atoms with Crippen LogP contribution in [0.15, 0.2) is 59.1 Å². The SMILES string of the molecule is Cc1onc(-c2ccc(-c3ccccc3)cc2)c1C(=O)Cl. The first kappa shape index (κ1) is 13.6. The van der Waals surface area contributed by atoms with E-state index in [0.29, 0.717) is 17.0 Å². The third-order valence-electron chi connectivity index (χ3n) is 3.32. The maximum atomic E-state index is 11.5. The molecule has 21 heavy (non-hydrogen) atoms. The Morgan fingerprint density at radius 2 is 1.52 bits per heavy atom. The molecule has 0 fully saturated rings. The van der Waals surface area contributed by atoms with Crippen LogP contribution >= 0.6 is 11.6 Å². The van der Waals surface area contributed by atoms with Crippen LogP contribution < -0.4 is 0 Å². The summed E-state index contributed by atoms with van der Waals surface area (Å²) in [6, 6.07) is 17.8. The summed E-state index contributed by atoms with van der Waals surface area (Å²) in [6.45, 7) is 1.67. The van der Waals surface area contributed by atoms with Crippen molar-refractivity contribution in [3.8, 4) is 22.4 Å². The first-order valence-corrected chi connectivity index (χ1v) is 6.86. The molecular weight excluding hydrogens is 286 g/mol. The summed E-state index contributed by atoms with van der Waals surface area (Å²) in [7, 11) is 0. The molecule has 3 nitrogen and oxygen atoms in total. The van der Waals surface area contributed by atoms with E-state index in [2.05, 4.69) is 5.16 Å². The topological polar surface area (TPSA) is 43.1 Å². The van der Waals surface area contributed by atoms with E-state index in [1.54, 1.807) is 6.92 Å². The van der Waals surface area contributed by atoms with Crippen LogP contribution in [0.2, 0.25) is 0 Å². The zero-order valence-corrected chi connectivity index (χ0v) is 12.1. The summed E-state index contributed by atoms with van der Waals surface area (Å²) in [5.74, 6) is 0.428. The predicted molar refractivity (Wildman–Crippen MR) is 82.3 cm³/mol. The summed E-state index contributed by atoms with van der Waals surface area (Å²) in [5.41, 5.74) is 3.83. The van der Waals surface area contributed by atoms with Crippen molar-refractivity contribution < 1.29 is 9.32 Å². The first-order valence-electron chi connectivity index (χ1n) is 6.49. The number of nitrogens with zero attached hydrogens (tertiary/aromatic N) is 1. The van der Waals surface area contributed by atoms with Crippen LogP contribution in [0.25, 0.3) is 22.4 Å². The summed E-state index contributed by atoms with van der Waals surface area (Å²) in [5, 5.41) is 3.37. The number of aromatic nitrogens is 1. The molecule has 0 amide bonds. The number of hydrogen-bond donors (Lipinski definition) is 0. The third kappa shape index (κ3) is 2.60. The molecule has 0 bridgehead atoms. The van der Waals surface area contributed by atoms with Crippen LogP contribution in [-0.4, -0.2) is 10.4 Å². The molecular formula is C17H12ClNO2. The number of halogens is 1. The van der Waals surface area contributed by atoms with Crippen LogP contribution in [0.4, 0.5) is 0 Å². The summed E-state index contributed by atoms with van der Waals surface area (Å²) in [4.78, 5) is 11.5. The molecule has 0 aliphatic carbocycles. The van der Waals surface area contributed by atoms with Gasteiger partial charge in [-0.05, 0) is 29.7 Å². The summed E-state index contributed by atoms with van der Waals surface area (Å²) < 4.78 is 5.07. The largest absolute Gasteiger partial charge is 0.360 e. The smallest absolute Gasteiger partial charge is 0.258 e. The van der Waals surface area contributed by atoms with Crippen molar-refractivity contribution in [3.63, 3.8) is 0 Å². The molecule has 3 rings (SSSR count). The standard InChI is InChI=1S/C17H12ClNO2/c1-11-15(17(18)20)16(19-21-11)14-9-7-13(8-10-14)12-5-3-2-4-6-12/h2-10H,1H3. The highest BCUT2D eigenvalue weighted by molar-refractivity contribution is 6.68. The van der Waals surface area contributed by atoms with E-state index >= 15 is 0 Å². The Labute approximate surface area is 127 Å². The fourth-order valence-electron chi connectivity index (χ4n) is 2.25. The molecule has 104 valence electrons. The van der Waals surface area contributed by atoms with E-state index < -0.39 is 5.24 Å². The molecule has 0 unspecified atom stereocenters. The van der Waals surface area contributed by atoms with Crippen LogP contribution in [-0.2, 0) is 0 Å². The van der Waals surface area contributed by atoms with Gasteiger partial charge in [0.2, 0.25) is 0 Å². The van der Waals surface area contributed by atoms with E-state index in [0.717, 1.165) is 16.7 Å². The lowest BCUT2D eigenvalue weighted by atomic mass is 10.0. The van der Waals surface area contributed by atoms with E-state index in [1.807, 2.05) is 54.6 Å². The van der Waals surface area contributed by atoms with Crippen molar-refractivity contribution in [3.05, 3.63) is 65.9 Å². The van der Waals surface area contributed by atoms with Crippen molar-refractivity contribution in [2.75, 3.05) is 0 Å². The average molecular weight is 298 g/mol. The van der Waals surface area contributed by atoms with E-state index in [1.165, 1.54) is 0 Å². The fourth-order valence-corrected chi connectivity index (χ4v) is 2.47. The minimum atomic E-state index is -0.559. The number of hydrogen-bond acceptors (Lipinski definition) is 3. The maximum Gasteiger partial charge on any atom is 0.258 e. The maximum absolute atomic E-state index is 11.5. The molecule has 4 heteroatoms. The summed E-state index contributed by atoms with van der Waals surface area (Å²) in [6.07, 6.45) is 0. The van der Waals surface area contributed by atoms with Gasteiger partial charge in [-0.25, -0.2) is 0 Å². The molecule has 0 atom stereocenters. The molecule has 0 aliphatic heterocycles. The zero-order chi connectivity index (χ0) is 14.8. The van der Waals surface area contributed by atoms with Gasteiger partial charge >= 0.3 is 0 Å². The van der Waals surface area contributed by atoms with Gasteiger partial charge in [0.25, 0.3) is 5.24 Å². The predicted octanol–water partition coefficient (Wildman–Crippen LogP) is 4.70. The van der Waals surface area contributed by atoms with Crippen molar-refractivity contribution in [2.45, 2.75) is 6.92 Å². The Hall–Kier alpha value is -2.39. The first-order chi connectivity index (χ1) is 10.2. The van der Waals surface area contributed by atoms with Crippen molar-refractivity contribution in [1.29, 1.82) is 0 Å². The second-order valence-corrected chi connectivity index (χ2v) is 5.02. The van der Waals surface area contributed by atoms with Gasteiger partial charge in [0.05, 0.1) is 0 Å². The van der Waals surface area contributed by atoms with Gasteiger partial charge in [-0.1, -0.05) is 59.8 Å². The minimum Gasteiger partial charge on any atom is -0.360 e. The Bertz CT molecular complexity index is 776. The third-order valence-corrected chi connectivity index (χ3v) is 3.51. The van der Waals surface area contributed by atoms with E-state index in [4.69, 9.17) is 16.1 Å². The Morgan fingerprint density at radius 1 is 0.952 bits per heavy atom. The monoisotopic (exact) mass is 297 g/mol. The molecule has 2 aromatic carbocycles. The number of benzene rings is 2. The second kappa shape index (κ2) is 5.54. The molecule has 1 aromatic heterocycles. The average Bonchev–Trinajstić information content (AvgIpc) is 2.90.